The Bertz CT molecular complexity index is 581. The molecule has 7 nitrogen and oxygen atoms in total. The lowest BCUT2D eigenvalue weighted by Crippen LogP contribution is -2.23. The molecule has 1 aliphatic heterocycles. The van der Waals surface area contributed by atoms with Crippen LogP contribution in [0.1, 0.15) is 26.2 Å². The summed E-state index contributed by atoms with van der Waals surface area (Å²) in [7, 11) is 1.82. The van der Waals surface area contributed by atoms with Crippen molar-refractivity contribution in [2.45, 2.75) is 26.2 Å². The van der Waals surface area contributed by atoms with Gasteiger partial charge in [0.2, 0.25) is 11.9 Å². The molecule has 0 bridgehead atoms. The van der Waals surface area contributed by atoms with Crippen molar-refractivity contribution in [1.82, 2.24) is 24.7 Å². The first-order valence-electron chi connectivity index (χ1n) is 7.49. The number of hydrogen-bond acceptors (Lipinski definition) is 6. The minimum absolute atomic E-state index is 0.549. The fraction of sp³-hybridized carbons (Fsp3) is 0.571. The highest BCUT2D eigenvalue weighted by molar-refractivity contribution is 5.40. The van der Waals surface area contributed by atoms with Crippen LogP contribution >= 0.6 is 0 Å². The smallest absolute Gasteiger partial charge is 0.257 e. The van der Waals surface area contributed by atoms with Crippen LogP contribution in [0.15, 0.2) is 18.5 Å². The predicted octanol–water partition coefficient (Wildman–Crippen LogP) is 1.73. The Kier molecular flexibility index (Phi) is 3.98. The molecule has 1 unspecified atom stereocenters. The van der Waals surface area contributed by atoms with Crippen molar-refractivity contribution >= 4 is 11.9 Å². The summed E-state index contributed by atoms with van der Waals surface area (Å²) < 4.78 is 1.66. The van der Waals surface area contributed by atoms with Crippen LogP contribution in [0.2, 0.25) is 0 Å². The lowest BCUT2D eigenvalue weighted by Gasteiger charge is -2.17. The van der Waals surface area contributed by atoms with Gasteiger partial charge < -0.3 is 10.2 Å². The molecule has 1 atom stereocenters. The third-order valence-electron chi connectivity index (χ3n) is 3.81. The lowest BCUT2D eigenvalue weighted by molar-refractivity contribution is 0.529. The van der Waals surface area contributed by atoms with Crippen molar-refractivity contribution in [3.63, 3.8) is 0 Å². The SMILES string of the molecule is CCCC1CCN(c2nc(NC)nc(-n3cccn3)n2)C1. The predicted molar refractivity (Wildman–Crippen MR) is 81.7 cm³/mol. The van der Waals surface area contributed by atoms with E-state index in [1.165, 1.54) is 19.3 Å². The molecule has 1 aliphatic rings. The van der Waals surface area contributed by atoms with Crippen molar-refractivity contribution in [2.75, 3.05) is 30.4 Å². The molecule has 7 heteroatoms. The second-order valence-electron chi connectivity index (χ2n) is 5.35. The van der Waals surface area contributed by atoms with Gasteiger partial charge in [-0.25, -0.2) is 4.68 Å². The molecule has 2 aromatic heterocycles. The van der Waals surface area contributed by atoms with E-state index in [0.717, 1.165) is 25.0 Å². The summed E-state index contributed by atoms with van der Waals surface area (Å²) in [5.74, 6) is 2.61. The number of rotatable bonds is 5. The van der Waals surface area contributed by atoms with Crippen LogP contribution in [-0.2, 0) is 0 Å². The Morgan fingerprint density at radius 2 is 2.14 bits per heavy atom. The van der Waals surface area contributed by atoms with Crippen LogP contribution in [0.4, 0.5) is 11.9 Å². The highest BCUT2D eigenvalue weighted by atomic mass is 15.4. The van der Waals surface area contributed by atoms with E-state index in [1.807, 2.05) is 19.3 Å². The van der Waals surface area contributed by atoms with E-state index >= 15 is 0 Å². The molecule has 0 radical (unpaired) electrons. The zero-order valence-electron chi connectivity index (χ0n) is 12.5. The molecule has 0 aliphatic carbocycles. The van der Waals surface area contributed by atoms with Gasteiger partial charge in [0.05, 0.1) is 0 Å². The van der Waals surface area contributed by atoms with Gasteiger partial charge in [0.15, 0.2) is 0 Å². The Morgan fingerprint density at radius 3 is 2.86 bits per heavy atom. The van der Waals surface area contributed by atoms with Crippen molar-refractivity contribution < 1.29 is 0 Å². The van der Waals surface area contributed by atoms with Gasteiger partial charge >= 0.3 is 0 Å². The largest absolute Gasteiger partial charge is 0.357 e. The molecule has 1 fully saturated rings. The first-order valence-corrected chi connectivity index (χ1v) is 7.49. The van der Waals surface area contributed by atoms with E-state index in [9.17, 15) is 0 Å². The van der Waals surface area contributed by atoms with E-state index in [-0.39, 0.29) is 0 Å². The van der Waals surface area contributed by atoms with Gasteiger partial charge in [-0.1, -0.05) is 13.3 Å². The fourth-order valence-electron chi connectivity index (χ4n) is 2.75. The molecular formula is C14H21N7. The molecule has 0 amide bonds. The van der Waals surface area contributed by atoms with E-state index in [4.69, 9.17) is 0 Å². The first kappa shape index (κ1) is 13.8. The maximum Gasteiger partial charge on any atom is 0.257 e. The first-order chi connectivity index (χ1) is 10.3. The Balaban J connectivity index is 1.87. The number of anilines is 2. The molecule has 1 saturated heterocycles. The monoisotopic (exact) mass is 287 g/mol. The van der Waals surface area contributed by atoms with Gasteiger partial charge in [-0.3, -0.25) is 0 Å². The second kappa shape index (κ2) is 6.07. The van der Waals surface area contributed by atoms with Crippen LogP contribution in [0, 0.1) is 5.92 Å². The van der Waals surface area contributed by atoms with Crippen LogP contribution < -0.4 is 10.2 Å². The van der Waals surface area contributed by atoms with Gasteiger partial charge in [0.1, 0.15) is 0 Å². The van der Waals surface area contributed by atoms with Crippen molar-refractivity contribution in [1.29, 1.82) is 0 Å². The molecule has 0 spiro atoms. The van der Waals surface area contributed by atoms with Gasteiger partial charge in [0, 0.05) is 32.5 Å². The zero-order chi connectivity index (χ0) is 14.7. The maximum absolute atomic E-state index is 4.56. The number of aromatic nitrogens is 5. The van der Waals surface area contributed by atoms with E-state index in [1.54, 1.807) is 10.9 Å². The fourth-order valence-corrected chi connectivity index (χ4v) is 2.75. The Morgan fingerprint density at radius 1 is 1.29 bits per heavy atom. The van der Waals surface area contributed by atoms with Crippen LogP contribution in [0.25, 0.3) is 5.95 Å². The average molecular weight is 287 g/mol. The summed E-state index contributed by atoms with van der Waals surface area (Å²) in [4.78, 5) is 15.7. The summed E-state index contributed by atoms with van der Waals surface area (Å²) >= 11 is 0. The van der Waals surface area contributed by atoms with Gasteiger partial charge in [-0.05, 0) is 24.8 Å². The molecule has 0 saturated carbocycles. The standard InChI is InChI=1S/C14H21N7/c1-3-5-11-6-9-20(10-11)13-17-12(15-2)18-14(19-13)21-8-4-7-16-21/h4,7-8,11H,3,5-6,9-10H2,1-2H3,(H,15,17,18,19). The highest BCUT2D eigenvalue weighted by Gasteiger charge is 2.24. The molecule has 21 heavy (non-hydrogen) atoms. The van der Waals surface area contributed by atoms with E-state index in [0.29, 0.717) is 11.9 Å². The summed E-state index contributed by atoms with van der Waals surface area (Å²) in [5.41, 5.74) is 0. The van der Waals surface area contributed by atoms with E-state index in [2.05, 4.69) is 37.2 Å². The van der Waals surface area contributed by atoms with Crippen LogP contribution in [-0.4, -0.2) is 44.9 Å². The Hall–Kier alpha value is -2.18. The van der Waals surface area contributed by atoms with Gasteiger partial charge in [-0.15, -0.1) is 0 Å². The minimum Gasteiger partial charge on any atom is -0.357 e. The summed E-state index contributed by atoms with van der Waals surface area (Å²) in [6, 6.07) is 1.86. The number of nitrogens with one attached hydrogen (secondary N) is 1. The summed E-state index contributed by atoms with van der Waals surface area (Å²) in [6.07, 6.45) is 7.27. The number of nitrogens with zero attached hydrogens (tertiary/aromatic N) is 6. The van der Waals surface area contributed by atoms with Gasteiger partial charge in [0.25, 0.3) is 5.95 Å². The van der Waals surface area contributed by atoms with Crippen LogP contribution in [0.5, 0.6) is 0 Å². The van der Waals surface area contributed by atoms with Crippen molar-refractivity contribution in [3.8, 4) is 5.95 Å². The quantitative estimate of drug-likeness (QED) is 0.903. The second-order valence-corrected chi connectivity index (χ2v) is 5.35. The van der Waals surface area contributed by atoms with E-state index < -0.39 is 0 Å². The lowest BCUT2D eigenvalue weighted by atomic mass is 10.0. The third-order valence-corrected chi connectivity index (χ3v) is 3.81. The zero-order valence-corrected chi connectivity index (χ0v) is 12.5. The summed E-state index contributed by atoms with van der Waals surface area (Å²) in [5, 5.41) is 7.19. The molecule has 1 N–H and O–H groups in total. The molecule has 2 aromatic rings. The average Bonchev–Trinajstić information content (AvgIpc) is 3.18. The molecular weight excluding hydrogens is 266 g/mol. The normalized spacial score (nSPS) is 18.2. The molecule has 3 rings (SSSR count). The third kappa shape index (κ3) is 2.96. The minimum atomic E-state index is 0.549. The molecule has 3 heterocycles. The topological polar surface area (TPSA) is 71.8 Å². The molecule has 0 aromatic carbocycles. The highest BCUT2D eigenvalue weighted by Crippen LogP contribution is 2.24. The molecule has 112 valence electrons. The van der Waals surface area contributed by atoms with Gasteiger partial charge in [-0.2, -0.15) is 20.1 Å². The number of hydrogen-bond donors (Lipinski definition) is 1. The Labute approximate surface area is 124 Å². The van der Waals surface area contributed by atoms with Crippen LogP contribution in [0.3, 0.4) is 0 Å². The maximum atomic E-state index is 4.56. The van der Waals surface area contributed by atoms with Crippen molar-refractivity contribution in [2.24, 2.45) is 5.92 Å². The summed E-state index contributed by atoms with van der Waals surface area (Å²) in [6.45, 7) is 4.27. The van der Waals surface area contributed by atoms with Crippen molar-refractivity contribution in [3.05, 3.63) is 18.5 Å².